The number of nitrogens with zero attached hydrogens (tertiary/aromatic N) is 3. The maximum absolute atomic E-state index is 12.3. The highest BCUT2D eigenvalue weighted by molar-refractivity contribution is 6.30. The molecule has 3 heterocycles. The molecule has 0 spiro atoms. The Labute approximate surface area is 138 Å². The predicted molar refractivity (Wildman–Crippen MR) is 90.7 cm³/mol. The quantitative estimate of drug-likeness (QED) is 0.804. The third-order valence-corrected chi connectivity index (χ3v) is 4.66. The summed E-state index contributed by atoms with van der Waals surface area (Å²) >= 11 is 5.93. The minimum atomic E-state index is -0.0722. The van der Waals surface area contributed by atoms with Crippen LogP contribution < -0.4 is 5.69 Å². The highest BCUT2D eigenvalue weighted by atomic mass is 35.5. The second-order valence-electron chi connectivity index (χ2n) is 5.98. The molecule has 4 rings (SSSR count). The largest absolute Gasteiger partial charge is 0.327 e. The van der Waals surface area contributed by atoms with Gasteiger partial charge in [0.15, 0.2) is 5.65 Å². The number of H-pyrrole nitrogens is 1. The van der Waals surface area contributed by atoms with E-state index < -0.39 is 0 Å². The minimum absolute atomic E-state index is 0.0722. The Morgan fingerprint density at radius 3 is 2.91 bits per heavy atom. The van der Waals surface area contributed by atoms with Gasteiger partial charge in [-0.2, -0.15) is 0 Å². The third-order valence-electron chi connectivity index (χ3n) is 4.41. The van der Waals surface area contributed by atoms with E-state index in [1.165, 1.54) is 5.56 Å². The zero-order chi connectivity index (χ0) is 15.8. The fraction of sp³-hybridized carbons (Fsp3) is 0.294. The predicted octanol–water partition coefficient (Wildman–Crippen LogP) is 2.83. The van der Waals surface area contributed by atoms with Gasteiger partial charge in [-0.15, -0.1) is 0 Å². The number of pyridine rings is 1. The lowest BCUT2D eigenvalue weighted by molar-refractivity contribution is 0.316. The Bertz CT molecular complexity index is 883. The van der Waals surface area contributed by atoms with Gasteiger partial charge in [0.2, 0.25) is 0 Å². The molecule has 118 valence electrons. The van der Waals surface area contributed by atoms with E-state index in [2.05, 4.69) is 27.0 Å². The van der Waals surface area contributed by atoms with E-state index in [1.807, 2.05) is 24.3 Å². The summed E-state index contributed by atoms with van der Waals surface area (Å²) < 4.78 is 1.80. The van der Waals surface area contributed by atoms with Gasteiger partial charge in [-0.25, -0.2) is 9.78 Å². The molecule has 0 bridgehead atoms. The zero-order valence-electron chi connectivity index (χ0n) is 12.6. The van der Waals surface area contributed by atoms with Crippen LogP contribution in [0.15, 0.2) is 47.4 Å². The molecular formula is C17H17ClN4O. The van der Waals surface area contributed by atoms with Gasteiger partial charge in [-0.1, -0.05) is 23.7 Å². The van der Waals surface area contributed by atoms with Crippen molar-refractivity contribution in [2.24, 2.45) is 0 Å². The highest BCUT2D eigenvalue weighted by Crippen LogP contribution is 2.24. The van der Waals surface area contributed by atoms with Crippen molar-refractivity contribution in [1.29, 1.82) is 0 Å². The van der Waals surface area contributed by atoms with Crippen LogP contribution in [0.5, 0.6) is 0 Å². The number of nitrogens with one attached hydrogen (secondary N) is 1. The van der Waals surface area contributed by atoms with E-state index in [0.29, 0.717) is 0 Å². The second kappa shape index (κ2) is 5.83. The lowest BCUT2D eigenvalue weighted by Crippen LogP contribution is -2.26. The van der Waals surface area contributed by atoms with E-state index >= 15 is 0 Å². The summed E-state index contributed by atoms with van der Waals surface area (Å²) in [5.41, 5.74) is 2.71. The van der Waals surface area contributed by atoms with Gasteiger partial charge in [-0.3, -0.25) is 9.47 Å². The third kappa shape index (κ3) is 2.78. The monoisotopic (exact) mass is 328 g/mol. The fourth-order valence-electron chi connectivity index (χ4n) is 3.31. The van der Waals surface area contributed by atoms with Gasteiger partial charge in [0.1, 0.15) is 0 Å². The van der Waals surface area contributed by atoms with Crippen molar-refractivity contribution in [3.63, 3.8) is 0 Å². The zero-order valence-corrected chi connectivity index (χ0v) is 13.3. The number of benzene rings is 1. The van der Waals surface area contributed by atoms with Crippen LogP contribution in [0.3, 0.4) is 0 Å². The molecule has 1 aromatic carbocycles. The van der Waals surface area contributed by atoms with E-state index in [1.54, 1.807) is 10.8 Å². The van der Waals surface area contributed by atoms with E-state index in [0.717, 1.165) is 42.2 Å². The summed E-state index contributed by atoms with van der Waals surface area (Å²) in [6.07, 6.45) is 2.68. The van der Waals surface area contributed by atoms with Gasteiger partial charge in [0, 0.05) is 30.9 Å². The van der Waals surface area contributed by atoms with Crippen LogP contribution in [0.1, 0.15) is 18.0 Å². The molecule has 1 N–H and O–H groups in total. The Morgan fingerprint density at radius 2 is 2.09 bits per heavy atom. The SMILES string of the molecule is O=c1[nH]c2cccnc2n1[C@@H]1CCN(Cc2ccc(Cl)cc2)C1. The molecular weight excluding hydrogens is 312 g/mol. The second-order valence-corrected chi connectivity index (χ2v) is 6.42. The van der Waals surface area contributed by atoms with Gasteiger partial charge in [0.05, 0.1) is 11.6 Å². The topological polar surface area (TPSA) is 53.9 Å². The Morgan fingerprint density at radius 1 is 1.26 bits per heavy atom. The van der Waals surface area contributed by atoms with E-state index in [-0.39, 0.29) is 11.7 Å². The van der Waals surface area contributed by atoms with Crippen LogP contribution in [0.2, 0.25) is 5.02 Å². The first-order valence-corrected chi connectivity index (χ1v) is 8.10. The first-order chi connectivity index (χ1) is 11.2. The Hall–Kier alpha value is -2.11. The number of fused-ring (bicyclic) bond motifs is 1. The molecule has 5 nitrogen and oxygen atoms in total. The standard InChI is InChI=1S/C17H17ClN4O/c18-13-5-3-12(4-6-13)10-21-9-7-14(11-21)22-16-15(20-17(22)23)2-1-8-19-16/h1-6,8,14H,7,9-11H2,(H,20,23)/t14-/m1/s1. The van der Waals surface area contributed by atoms with Crippen molar-refractivity contribution >= 4 is 22.8 Å². The molecule has 1 atom stereocenters. The number of aromatic nitrogens is 3. The molecule has 6 heteroatoms. The van der Waals surface area contributed by atoms with Crippen molar-refractivity contribution in [3.05, 3.63) is 63.7 Å². The maximum atomic E-state index is 12.3. The number of halogens is 1. The summed E-state index contributed by atoms with van der Waals surface area (Å²) in [6, 6.07) is 11.8. The molecule has 3 aromatic rings. The van der Waals surface area contributed by atoms with Crippen LogP contribution in [0.25, 0.3) is 11.2 Å². The number of hydrogen-bond donors (Lipinski definition) is 1. The van der Waals surface area contributed by atoms with Gasteiger partial charge >= 0.3 is 5.69 Å². The van der Waals surface area contributed by atoms with Crippen molar-refractivity contribution in [3.8, 4) is 0 Å². The van der Waals surface area contributed by atoms with E-state index in [4.69, 9.17) is 11.6 Å². The number of imidazole rings is 1. The Balaban J connectivity index is 1.54. The lowest BCUT2D eigenvalue weighted by atomic mass is 10.2. The average Bonchev–Trinajstić information content (AvgIpc) is 3.12. The average molecular weight is 329 g/mol. The lowest BCUT2D eigenvalue weighted by Gasteiger charge is -2.16. The molecule has 1 fully saturated rings. The molecule has 1 aliphatic heterocycles. The summed E-state index contributed by atoms with van der Waals surface area (Å²) in [4.78, 5) is 21.9. The van der Waals surface area contributed by atoms with Crippen LogP contribution >= 0.6 is 11.6 Å². The number of aromatic amines is 1. The summed E-state index contributed by atoms with van der Waals surface area (Å²) in [7, 11) is 0. The number of rotatable bonds is 3. The molecule has 2 aromatic heterocycles. The summed E-state index contributed by atoms with van der Waals surface area (Å²) in [5, 5.41) is 0.754. The van der Waals surface area contributed by atoms with Crippen LogP contribution in [-0.2, 0) is 6.54 Å². The molecule has 1 saturated heterocycles. The number of likely N-dealkylation sites (tertiary alicyclic amines) is 1. The van der Waals surface area contributed by atoms with E-state index in [9.17, 15) is 4.79 Å². The van der Waals surface area contributed by atoms with Crippen LogP contribution in [-0.4, -0.2) is 32.5 Å². The number of hydrogen-bond acceptors (Lipinski definition) is 3. The summed E-state index contributed by atoms with van der Waals surface area (Å²) in [5.74, 6) is 0. The molecule has 0 amide bonds. The van der Waals surface area contributed by atoms with Crippen LogP contribution in [0, 0.1) is 0 Å². The smallest absolute Gasteiger partial charge is 0.304 e. The van der Waals surface area contributed by atoms with Crippen LogP contribution in [0.4, 0.5) is 0 Å². The summed E-state index contributed by atoms with van der Waals surface area (Å²) in [6.45, 7) is 2.70. The molecule has 0 unspecified atom stereocenters. The van der Waals surface area contributed by atoms with Crippen molar-refractivity contribution in [2.75, 3.05) is 13.1 Å². The molecule has 0 radical (unpaired) electrons. The van der Waals surface area contributed by atoms with Gasteiger partial charge < -0.3 is 4.98 Å². The van der Waals surface area contributed by atoms with Crippen molar-refractivity contribution in [2.45, 2.75) is 19.0 Å². The normalized spacial score (nSPS) is 18.7. The van der Waals surface area contributed by atoms with Crippen molar-refractivity contribution < 1.29 is 0 Å². The fourth-order valence-corrected chi connectivity index (χ4v) is 3.44. The Kier molecular flexibility index (Phi) is 3.67. The molecule has 1 aliphatic rings. The molecule has 0 aliphatic carbocycles. The van der Waals surface area contributed by atoms with Gasteiger partial charge in [-0.05, 0) is 36.2 Å². The molecule has 0 saturated carbocycles. The maximum Gasteiger partial charge on any atom is 0.327 e. The molecule has 23 heavy (non-hydrogen) atoms. The first kappa shape index (κ1) is 14.5. The first-order valence-electron chi connectivity index (χ1n) is 7.73. The van der Waals surface area contributed by atoms with Gasteiger partial charge in [0.25, 0.3) is 0 Å². The highest BCUT2D eigenvalue weighted by Gasteiger charge is 2.26. The minimum Gasteiger partial charge on any atom is -0.304 e. The van der Waals surface area contributed by atoms with Crippen molar-refractivity contribution in [1.82, 2.24) is 19.4 Å².